The van der Waals surface area contributed by atoms with Gasteiger partial charge in [-0.1, -0.05) is 11.8 Å². The van der Waals surface area contributed by atoms with Gasteiger partial charge in [-0.15, -0.1) is 32.5 Å². The molecule has 3 rings (SSSR count). The molecule has 2 unspecified atom stereocenters. The van der Waals surface area contributed by atoms with Gasteiger partial charge in [0.1, 0.15) is 29.8 Å². The summed E-state index contributed by atoms with van der Waals surface area (Å²) in [4.78, 5) is 54.5. The largest absolute Gasteiger partial charge is 0.426 e. The molecule has 1 aliphatic heterocycles. The number of thiol groups is 1. The van der Waals surface area contributed by atoms with Crippen molar-refractivity contribution in [2.24, 2.45) is 0 Å². The summed E-state index contributed by atoms with van der Waals surface area (Å²) in [6.07, 6.45) is -2.43. The van der Waals surface area contributed by atoms with E-state index in [0.29, 0.717) is 26.3 Å². The highest BCUT2D eigenvalue weighted by atomic mass is 32.9. The SMILES string of the molecule is Nc1ccc(OC(=O)CC(CO[N+](=O)[O-])O[N+](=O)[O-])c(C(=O)Oc2ccc(P(=S)(S)N3CCOCC3)cc2)c1. The average molecular weight is 603 g/mol. The van der Waals surface area contributed by atoms with Crippen LogP contribution in [0.1, 0.15) is 16.8 Å². The molecular formula is C21H23N4O11PS2. The normalized spacial score (nSPS) is 15.8. The topological polar surface area (TPSA) is 196 Å². The summed E-state index contributed by atoms with van der Waals surface area (Å²) in [6, 6.07) is 10.3. The molecule has 0 spiro atoms. The number of nitrogens with zero attached hydrogens (tertiary/aromatic N) is 3. The zero-order valence-electron chi connectivity index (χ0n) is 20.1. The van der Waals surface area contributed by atoms with Gasteiger partial charge in [-0.05, 0) is 42.5 Å². The third-order valence-electron chi connectivity index (χ3n) is 5.20. The Morgan fingerprint density at radius 3 is 2.38 bits per heavy atom. The highest BCUT2D eigenvalue weighted by Crippen LogP contribution is 2.53. The fourth-order valence-electron chi connectivity index (χ4n) is 3.40. The number of esters is 2. The lowest BCUT2D eigenvalue weighted by molar-refractivity contribution is -0.789. The number of hydrogen-bond donors (Lipinski definition) is 2. The summed E-state index contributed by atoms with van der Waals surface area (Å²) in [5.74, 6) is -2.10. The first kappa shape index (κ1) is 30.0. The van der Waals surface area contributed by atoms with Gasteiger partial charge in [-0.3, -0.25) is 9.46 Å². The van der Waals surface area contributed by atoms with E-state index in [4.69, 9.17) is 44.0 Å². The van der Waals surface area contributed by atoms with Crippen molar-refractivity contribution in [2.75, 3.05) is 38.6 Å². The lowest BCUT2D eigenvalue weighted by Gasteiger charge is -2.34. The number of rotatable bonds is 12. The van der Waals surface area contributed by atoms with Crippen molar-refractivity contribution in [3.63, 3.8) is 0 Å². The second-order valence-corrected chi connectivity index (χ2v) is 14.2. The first-order chi connectivity index (χ1) is 18.5. The Bertz CT molecular complexity index is 1280. The molecule has 2 atom stereocenters. The van der Waals surface area contributed by atoms with E-state index >= 15 is 0 Å². The summed E-state index contributed by atoms with van der Waals surface area (Å²) in [6.45, 7) is 1.56. The van der Waals surface area contributed by atoms with Gasteiger partial charge in [0.15, 0.2) is 0 Å². The van der Waals surface area contributed by atoms with Gasteiger partial charge in [0.2, 0.25) is 0 Å². The average Bonchev–Trinajstić information content (AvgIpc) is 2.88. The molecule has 2 aromatic carbocycles. The van der Waals surface area contributed by atoms with E-state index in [2.05, 4.69) is 14.3 Å². The van der Waals surface area contributed by atoms with Crippen LogP contribution < -0.4 is 20.5 Å². The van der Waals surface area contributed by atoms with Crippen LogP contribution in [0.5, 0.6) is 11.5 Å². The van der Waals surface area contributed by atoms with Crippen molar-refractivity contribution >= 4 is 52.4 Å². The molecule has 0 saturated carbocycles. The number of morpholine rings is 1. The van der Waals surface area contributed by atoms with Gasteiger partial charge in [0, 0.05) is 24.1 Å². The Hall–Kier alpha value is -3.50. The molecule has 0 radical (unpaired) electrons. The number of hydrogen-bond acceptors (Lipinski definition) is 13. The Balaban J connectivity index is 1.70. The quantitative estimate of drug-likeness (QED) is 0.0678. The van der Waals surface area contributed by atoms with Crippen LogP contribution in [0.3, 0.4) is 0 Å². The second-order valence-electron chi connectivity index (χ2n) is 7.90. The summed E-state index contributed by atoms with van der Waals surface area (Å²) in [5.41, 5.74) is 5.72. The third-order valence-corrected chi connectivity index (χ3v) is 10.1. The molecule has 0 aromatic heterocycles. The summed E-state index contributed by atoms with van der Waals surface area (Å²) in [7, 11) is 0. The van der Waals surface area contributed by atoms with E-state index in [1.54, 1.807) is 24.3 Å². The zero-order valence-corrected chi connectivity index (χ0v) is 22.7. The smallest absolute Gasteiger partial charge is 0.347 e. The van der Waals surface area contributed by atoms with Gasteiger partial charge in [0.05, 0.1) is 25.0 Å². The molecule has 18 heteroatoms. The molecule has 1 aliphatic rings. The fraction of sp³-hybridized carbons (Fsp3) is 0.333. The predicted octanol–water partition coefficient (Wildman–Crippen LogP) is 1.77. The molecule has 210 valence electrons. The summed E-state index contributed by atoms with van der Waals surface area (Å²) < 4.78 is 18.0. The van der Waals surface area contributed by atoms with Crippen molar-refractivity contribution in [3.8, 4) is 11.5 Å². The minimum atomic E-state index is -2.33. The van der Waals surface area contributed by atoms with Crippen LogP contribution in [0.15, 0.2) is 42.5 Å². The standard InChI is InChI=1S/C21H23N4O11PS2/c22-14-1-6-19(35-20(26)12-16(36-25(30)31)13-33-24(28)29)18(11-14)21(27)34-15-2-4-17(5-3-15)37(38,39)23-7-9-32-10-8-23/h1-6,11,16H,7-10,12-13,22H2,(H,38,39). The number of nitrogens with two attached hydrogens (primary N) is 1. The van der Waals surface area contributed by atoms with Gasteiger partial charge in [-0.25, -0.2) is 4.79 Å². The molecule has 1 saturated heterocycles. The lowest BCUT2D eigenvalue weighted by atomic mass is 10.1. The highest BCUT2D eigenvalue weighted by Gasteiger charge is 2.27. The number of nitrogen functional groups attached to an aromatic ring is 1. The number of carbonyl (C=O) groups is 2. The van der Waals surface area contributed by atoms with Crippen molar-refractivity contribution < 1.29 is 43.6 Å². The molecule has 2 aromatic rings. The second kappa shape index (κ2) is 13.5. The molecule has 1 fully saturated rings. The Labute approximate surface area is 231 Å². The fourth-order valence-corrected chi connectivity index (χ4v) is 6.76. The Kier molecular flexibility index (Phi) is 10.4. The van der Waals surface area contributed by atoms with E-state index < -0.39 is 46.6 Å². The van der Waals surface area contributed by atoms with E-state index in [1.165, 1.54) is 18.2 Å². The van der Waals surface area contributed by atoms with Crippen LogP contribution >= 0.6 is 17.6 Å². The minimum Gasteiger partial charge on any atom is -0.426 e. The lowest BCUT2D eigenvalue weighted by Crippen LogP contribution is -2.35. The van der Waals surface area contributed by atoms with Crippen LogP contribution in [-0.2, 0) is 31.0 Å². The van der Waals surface area contributed by atoms with E-state index in [1.807, 2.05) is 0 Å². The maximum atomic E-state index is 12.9. The van der Waals surface area contributed by atoms with E-state index in [-0.39, 0.29) is 22.7 Å². The maximum Gasteiger partial charge on any atom is 0.347 e. The predicted molar refractivity (Wildman–Crippen MR) is 143 cm³/mol. The third kappa shape index (κ3) is 8.76. The van der Waals surface area contributed by atoms with E-state index in [0.717, 1.165) is 5.30 Å². The number of ether oxygens (including phenoxy) is 3. The Morgan fingerprint density at radius 1 is 1.10 bits per heavy atom. The maximum absolute atomic E-state index is 12.9. The van der Waals surface area contributed by atoms with Crippen LogP contribution in [0.4, 0.5) is 5.69 Å². The van der Waals surface area contributed by atoms with Crippen molar-refractivity contribution in [3.05, 3.63) is 68.3 Å². The van der Waals surface area contributed by atoms with E-state index in [9.17, 15) is 29.8 Å². The molecule has 0 bridgehead atoms. The first-order valence-electron chi connectivity index (χ1n) is 11.1. The summed E-state index contributed by atoms with van der Waals surface area (Å²) in [5, 5.41) is 17.0. The minimum absolute atomic E-state index is 0.160. The van der Waals surface area contributed by atoms with Crippen LogP contribution in [0, 0.1) is 20.2 Å². The van der Waals surface area contributed by atoms with Gasteiger partial charge >= 0.3 is 11.9 Å². The monoisotopic (exact) mass is 602 g/mol. The van der Waals surface area contributed by atoms with Crippen molar-refractivity contribution in [1.82, 2.24) is 4.67 Å². The molecule has 0 aliphatic carbocycles. The molecule has 1 heterocycles. The number of benzene rings is 2. The van der Waals surface area contributed by atoms with Crippen molar-refractivity contribution in [1.29, 1.82) is 0 Å². The van der Waals surface area contributed by atoms with Gasteiger partial charge in [-0.2, -0.15) is 0 Å². The molecule has 2 N–H and O–H groups in total. The molecular weight excluding hydrogens is 579 g/mol. The van der Waals surface area contributed by atoms with Crippen LogP contribution in [0.25, 0.3) is 0 Å². The van der Waals surface area contributed by atoms with Gasteiger partial charge < -0.3 is 29.6 Å². The number of anilines is 1. The van der Waals surface area contributed by atoms with Crippen molar-refractivity contribution in [2.45, 2.75) is 12.5 Å². The molecule has 0 amide bonds. The van der Waals surface area contributed by atoms with Gasteiger partial charge in [0.25, 0.3) is 10.2 Å². The summed E-state index contributed by atoms with van der Waals surface area (Å²) >= 11 is 10.5. The van der Waals surface area contributed by atoms with Crippen LogP contribution in [-0.4, -0.2) is 65.8 Å². The highest BCUT2D eigenvalue weighted by molar-refractivity contribution is 8.65. The molecule has 15 nitrogen and oxygen atoms in total. The Morgan fingerprint density at radius 2 is 1.77 bits per heavy atom. The number of carbonyl (C=O) groups excluding carboxylic acids is 2. The first-order valence-corrected chi connectivity index (χ1v) is 15.0. The molecule has 39 heavy (non-hydrogen) atoms. The zero-order chi connectivity index (χ0) is 28.6. The van der Waals surface area contributed by atoms with Crippen LogP contribution in [0.2, 0.25) is 0 Å².